The Morgan fingerprint density at radius 2 is 2.06 bits per heavy atom. The molecule has 0 aliphatic carbocycles. The van der Waals surface area contributed by atoms with Crippen molar-refractivity contribution in [3.63, 3.8) is 0 Å². The third-order valence-electron chi connectivity index (χ3n) is 1.98. The van der Waals surface area contributed by atoms with E-state index in [0.717, 1.165) is 10.7 Å². The highest BCUT2D eigenvalue weighted by Crippen LogP contribution is 2.13. The average molecular weight is 281 g/mol. The van der Waals surface area contributed by atoms with Crippen LogP contribution < -0.4 is 0 Å². The molecule has 80 valence electrons. The average Bonchev–Trinajstić information content (AvgIpc) is 2.30. The van der Waals surface area contributed by atoms with Crippen LogP contribution in [0.5, 0.6) is 0 Å². The third kappa shape index (κ3) is 2.14. The van der Waals surface area contributed by atoms with E-state index in [1.165, 1.54) is 24.5 Å². The quantitative estimate of drug-likeness (QED) is 0.795. The van der Waals surface area contributed by atoms with E-state index in [1.807, 2.05) is 0 Å². The van der Waals surface area contributed by atoms with Gasteiger partial charge in [0.2, 0.25) is 5.78 Å². The highest BCUT2D eigenvalue weighted by atomic mass is 79.9. The predicted octanol–water partition coefficient (Wildman–Crippen LogP) is 2.61. The molecule has 0 bridgehead atoms. The number of ketones is 1. The Hall–Kier alpha value is -1.62. The molecule has 0 saturated heterocycles. The lowest BCUT2D eigenvalue weighted by Gasteiger charge is -2.01. The van der Waals surface area contributed by atoms with Crippen LogP contribution in [0.2, 0.25) is 0 Å². The maximum Gasteiger partial charge on any atom is 0.214 e. The summed E-state index contributed by atoms with van der Waals surface area (Å²) >= 11 is 3.21. The van der Waals surface area contributed by atoms with Crippen molar-refractivity contribution in [2.75, 3.05) is 0 Å². The van der Waals surface area contributed by atoms with Crippen LogP contribution in [0.15, 0.2) is 41.3 Å². The SMILES string of the molecule is O=C(c1ccc(Br)cn1)c1ccncc1F. The molecule has 0 spiro atoms. The van der Waals surface area contributed by atoms with Crippen molar-refractivity contribution in [1.82, 2.24) is 9.97 Å². The van der Waals surface area contributed by atoms with Gasteiger partial charge in [0.1, 0.15) is 5.69 Å². The maximum atomic E-state index is 13.3. The highest BCUT2D eigenvalue weighted by molar-refractivity contribution is 9.10. The molecule has 0 saturated carbocycles. The van der Waals surface area contributed by atoms with Crippen LogP contribution in [0.4, 0.5) is 4.39 Å². The van der Waals surface area contributed by atoms with Crippen molar-refractivity contribution in [2.45, 2.75) is 0 Å². The molecule has 2 aromatic rings. The summed E-state index contributed by atoms with van der Waals surface area (Å²) < 4.78 is 14.0. The van der Waals surface area contributed by atoms with Gasteiger partial charge in [-0.3, -0.25) is 14.8 Å². The number of rotatable bonds is 2. The van der Waals surface area contributed by atoms with Crippen molar-refractivity contribution in [3.05, 3.63) is 58.3 Å². The summed E-state index contributed by atoms with van der Waals surface area (Å²) in [4.78, 5) is 19.3. The number of hydrogen-bond acceptors (Lipinski definition) is 3. The fourth-order valence-electron chi connectivity index (χ4n) is 1.21. The van der Waals surface area contributed by atoms with Crippen LogP contribution in [-0.4, -0.2) is 15.8 Å². The van der Waals surface area contributed by atoms with E-state index in [4.69, 9.17) is 0 Å². The first-order valence-corrected chi connectivity index (χ1v) is 5.23. The van der Waals surface area contributed by atoms with Gasteiger partial charge in [-0.15, -0.1) is 0 Å². The maximum absolute atomic E-state index is 13.3. The number of carbonyl (C=O) groups excluding carboxylic acids is 1. The van der Waals surface area contributed by atoms with Crippen molar-refractivity contribution in [1.29, 1.82) is 0 Å². The highest BCUT2D eigenvalue weighted by Gasteiger charge is 2.14. The number of hydrogen-bond donors (Lipinski definition) is 0. The number of nitrogens with zero attached hydrogens (tertiary/aromatic N) is 2. The Labute approximate surface area is 99.5 Å². The van der Waals surface area contributed by atoms with Crippen molar-refractivity contribution in [2.24, 2.45) is 0 Å². The summed E-state index contributed by atoms with van der Waals surface area (Å²) in [5.74, 6) is -1.09. The molecular formula is C11H6BrFN2O. The first kappa shape index (κ1) is 10.9. The number of carbonyl (C=O) groups is 1. The van der Waals surface area contributed by atoms with Gasteiger partial charge < -0.3 is 0 Å². The molecule has 0 aromatic carbocycles. The molecule has 2 heterocycles. The normalized spacial score (nSPS) is 10.1. The van der Waals surface area contributed by atoms with Gasteiger partial charge in [-0.25, -0.2) is 4.39 Å². The Morgan fingerprint density at radius 1 is 1.25 bits per heavy atom. The van der Waals surface area contributed by atoms with Crippen molar-refractivity contribution < 1.29 is 9.18 Å². The van der Waals surface area contributed by atoms with Gasteiger partial charge >= 0.3 is 0 Å². The van der Waals surface area contributed by atoms with Crippen LogP contribution >= 0.6 is 15.9 Å². The predicted molar refractivity (Wildman–Crippen MR) is 59.6 cm³/mol. The van der Waals surface area contributed by atoms with Gasteiger partial charge in [0, 0.05) is 16.9 Å². The van der Waals surface area contributed by atoms with Crippen LogP contribution in [0.1, 0.15) is 16.1 Å². The second-order valence-corrected chi connectivity index (χ2v) is 3.96. The summed E-state index contributed by atoms with van der Waals surface area (Å²) in [5.41, 5.74) is 0.179. The lowest BCUT2D eigenvalue weighted by atomic mass is 10.1. The molecule has 3 nitrogen and oxygen atoms in total. The molecule has 16 heavy (non-hydrogen) atoms. The Balaban J connectivity index is 2.40. The second-order valence-electron chi connectivity index (χ2n) is 3.05. The number of halogens is 2. The second kappa shape index (κ2) is 4.49. The summed E-state index contributed by atoms with van der Waals surface area (Å²) in [6.45, 7) is 0. The first-order chi connectivity index (χ1) is 7.68. The Bertz CT molecular complexity index is 528. The van der Waals surface area contributed by atoms with E-state index in [-0.39, 0.29) is 11.3 Å². The van der Waals surface area contributed by atoms with Crippen molar-refractivity contribution in [3.8, 4) is 0 Å². The molecule has 0 N–H and O–H groups in total. The summed E-state index contributed by atoms with van der Waals surface area (Å²) in [6.07, 6.45) is 3.87. The molecule has 0 aliphatic heterocycles. The molecule has 0 atom stereocenters. The fraction of sp³-hybridized carbons (Fsp3) is 0. The molecule has 0 aliphatic rings. The van der Waals surface area contributed by atoms with Crippen LogP contribution in [0.25, 0.3) is 0 Å². The molecule has 0 fully saturated rings. The summed E-state index contributed by atoms with van der Waals surface area (Å²) in [5, 5.41) is 0. The van der Waals surface area contributed by atoms with Gasteiger partial charge in [-0.05, 0) is 34.1 Å². The first-order valence-electron chi connectivity index (χ1n) is 4.44. The summed E-state index contributed by atoms with van der Waals surface area (Å²) in [6, 6.07) is 4.55. The minimum Gasteiger partial charge on any atom is -0.287 e. The minimum absolute atomic E-state index is 0.0233. The molecule has 2 aromatic heterocycles. The Morgan fingerprint density at radius 3 is 2.69 bits per heavy atom. The van der Waals surface area contributed by atoms with Gasteiger partial charge in [0.15, 0.2) is 5.82 Å². The fourth-order valence-corrected chi connectivity index (χ4v) is 1.44. The third-order valence-corrected chi connectivity index (χ3v) is 2.45. The number of pyridine rings is 2. The number of aromatic nitrogens is 2. The minimum atomic E-state index is -0.641. The summed E-state index contributed by atoms with van der Waals surface area (Å²) in [7, 11) is 0. The molecule has 2 rings (SSSR count). The lowest BCUT2D eigenvalue weighted by Crippen LogP contribution is -2.06. The Kier molecular flexibility index (Phi) is 3.05. The van der Waals surface area contributed by atoms with E-state index in [9.17, 15) is 9.18 Å². The van der Waals surface area contributed by atoms with E-state index >= 15 is 0 Å². The zero-order valence-electron chi connectivity index (χ0n) is 8.02. The van der Waals surface area contributed by atoms with Crippen LogP contribution in [-0.2, 0) is 0 Å². The molecule has 0 radical (unpaired) electrons. The zero-order valence-corrected chi connectivity index (χ0v) is 9.61. The molecule has 5 heteroatoms. The smallest absolute Gasteiger partial charge is 0.214 e. The van der Waals surface area contributed by atoms with Gasteiger partial charge in [-0.1, -0.05) is 0 Å². The van der Waals surface area contributed by atoms with E-state index in [0.29, 0.717) is 0 Å². The van der Waals surface area contributed by atoms with Gasteiger partial charge in [0.05, 0.1) is 11.8 Å². The van der Waals surface area contributed by atoms with E-state index in [1.54, 1.807) is 6.07 Å². The topological polar surface area (TPSA) is 42.9 Å². The lowest BCUT2D eigenvalue weighted by molar-refractivity contribution is 0.103. The molecule has 0 amide bonds. The van der Waals surface area contributed by atoms with E-state index < -0.39 is 11.6 Å². The molecular weight excluding hydrogens is 275 g/mol. The zero-order chi connectivity index (χ0) is 11.5. The molecule has 0 unspecified atom stereocenters. The van der Waals surface area contributed by atoms with Gasteiger partial charge in [-0.2, -0.15) is 0 Å². The van der Waals surface area contributed by atoms with Gasteiger partial charge in [0.25, 0.3) is 0 Å². The largest absolute Gasteiger partial charge is 0.287 e. The van der Waals surface area contributed by atoms with Crippen LogP contribution in [0, 0.1) is 5.82 Å². The van der Waals surface area contributed by atoms with E-state index in [2.05, 4.69) is 25.9 Å². The monoisotopic (exact) mass is 280 g/mol. The standard InChI is InChI=1S/C11H6BrFN2O/c12-7-1-2-10(15-5-7)11(16)8-3-4-14-6-9(8)13/h1-6H. The van der Waals surface area contributed by atoms with Crippen LogP contribution in [0.3, 0.4) is 0 Å². The van der Waals surface area contributed by atoms with Crippen molar-refractivity contribution >= 4 is 21.7 Å².